The topological polar surface area (TPSA) is 57.3 Å². The maximum atomic E-state index is 12.7. The van der Waals surface area contributed by atoms with Crippen LogP contribution in [-0.2, 0) is 4.79 Å². The highest BCUT2D eigenvalue weighted by molar-refractivity contribution is 7.15. The van der Waals surface area contributed by atoms with Crippen molar-refractivity contribution in [1.82, 2.24) is 15.2 Å². The predicted molar refractivity (Wildman–Crippen MR) is 106 cm³/mol. The minimum atomic E-state index is -0.322. The van der Waals surface area contributed by atoms with Crippen LogP contribution < -0.4 is 10.6 Å². The van der Waals surface area contributed by atoms with Crippen molar-refractivity contribution in [3.63, 3.8) is 0 Å². The van der Waals surface area contributed by atoms with Crippen LogP contribution in [0.5, 0.6) is 0 Å². The molecule has 1 aromatic carbocycles. The van der Waals surface area contributed by atoms with Crippen molar-refractivity contribution in [2.24, 2.45) is 0 Å². The van der Waals surface area contributed by atoms with Crippen LogP contribution in [0, 0.1) is 0 Å². The van der Waals surface area contributed by atoms with E-state index in [1.54, 1.807) is 11.3 Å². The molecule has 25 heavy (non-hydrogen) atoms. The Morgan fingerprint density at radius 1 is 1.28 bits per heavy atom. The number of anilines is 1. The van der Waals surface area contributed by atoms with Crippen molar-refractivity contribution in [3.05, 3.63) is 47.0 Å². The third-order valence-corrected chi connectivity index (χ3v) is 5.45. The number of carbonyl (C=O) groups is 1. The van der Waals surface area contributed by atoms with Gasteiger partial charge in [-0.25, -0.2) is 4.98 Å². The van der Waals surface area contributed by atoms with Crippen LogP contribution in [0.2, 0.25) is 0 Å². The second kappa shape index (κ2) is 9.29. The highest BCUT2D eigenvalue weighted by Gasteiger charge is 2.24. The zero-order valence-corrected chi connectivity index (χ0v) is 16.2. The number of nitrogens with zero attached hydrogens (tertiary/aromatic N) is 2. The van der Waals surface area contributed by atoms with E-state index in [-0.39, 0.29) is 24.4 Å². The number of carbonyl (C=O) groups excluding carboxylic acids is 1. The second-order valence-corrected chi connectivity index (χ2v) is 7.42. The molecular formula is C18H25ClN4OS. The standard InChI is InChI=1S/C18H24N4OS.ClH/c1-22(2)16(14-6-4-3-5-7-14)17(23)21-18-20-12-15(24-18)13-8-10-19-11-9-13;/h3-7,12-13,16,19H,8-11H2,1-2H3,(H,20,21,23);1H. The van der Waals surface area contributed by atoms with Gasteiger partial charge in [0.15, 0.2) is 5.13 Å². The smallest absolute Gasteiger partial charge is 0.248 e. The van der Waals surface area contributed by atoms with Gasteiger partial charge < -0.3 is 10.6 Å². The number of halogens is 1. The zero-order valence-electron chi connectivity index (χ0n) is 14.6. The van der Waals surface area contributed by atoms with Crippen LogP contribution in [0.1, 0.15) is 35.2 Å². The van der Waals surface area contributed by atoms with E-state index in [1.807, 2.05) is 55.5 Å². The number of nitrogens with one attached hydrogen (secondary N) is 2. The maximum Gasteiger partial charge on any atom is 0.248 e. The SMILES string of the molecule is CN(C)C(C(=O)Nc1ncc(C2CCNCC2)s1)c1ccccc1.Cl. The number of rotatable bonds is 5. The van der Waals surface area contributed by atoms with Gasteiger partial charge in [0.2, 0.25) is 5.91 Å². The third-order valence-electron chi connectivity index (χ3n) is 4.38. The van der Waals surface area contributed by atoms with Gasteiger partial charge in [0.1, 0.15) is 6.04 Å². The first-order valence-corrected chi connectivity index (χ1v) is 9.15. The first kappa shape index (κ1) is 19.8. The fourth-order valence-electron chi connectivity index (χ4n) is 3.13. The Morgan fingerprint density at radius 2 is 1.96 bits per heavy atom. The minimum absolute atomic E-state index is 0. The molecule has 3 rings (SSSR count). The molecule has 1 aliphatic rings. The molecule has 7 heteroatoms. The van der Waals surface area contributed by atoms with Crippen LogP contribution in [0.25, 0.3) is 0 Å². The van der Waals surface area contributed by atoms with Crippen LogP contribution in [0.3, 0.4) is 0 Å². The summed E-state index contributed by atoms with van der Waals surface area (Å²) in [4.78, 5) is 20.4. The summed E-state index contributed by atoms with van der Waals surface area (Å²) in [5, 5.41) is 7.06. The predicted octanol–water partition coefficient (Wildman–Crippen LogP) is 3.27. The number of benzene rings is 1. The minimum Gasteiger partial charge on any atom is -0.317 e. The van der Waals surface area contributed by atoms with E-state index in [2.05, 4.69) is 15.6 Å². The number of hydrogen-bond acceptors (Lipinski definition) is 5. The quantitative estimate of drug-likeness (QED) is 0.835. The van der Waals surface area contributed by atoms with E-state index in [4.69, 9.17) is 0 Å². The van der Waals surface area contributed by atoms with Gasteiger partial charge >= 0.3 is 0 Å². The Bertz CT molecular complexity index is 671. The number of likely N-dealkylation sites (N-methyl/N-ethyl adjacent to an activating group) is 1. The molecule has 2 N–H and O–H groups in total. The van der Waals surface area contributed by atoms with Crippen molar-refractivity contribution >= 4 is 34.8 Å². The fraction of sp³-hybridized carbons (Fsp3) is 0.444. The molecule has 136 valence electrons. The summed E-state index contributed by atoms with van der Waals surface area (Å²) in [5.74, 6) is 0.519. The van der Waals surface area contributed by atoms with E-state index < -0.39 is 0 Å². The zero-order chi connectivity index (χ0) is 16.9. The Balaban J connectivity index is 0.00000225. The van der Waals surface area contributed by atoms with Crippen molar-refractivity contribution in [3.8, 4) is 0 Å². The molecule has 0 radical (unpaired) electrons. The highest BCUT2D eigenvalue weighted by atomic mass is 35.5. The Hall–Kier alpha value is -1.47. The average molecular weight is 381 g/mol. The lowest BCUT2D eigenvalue weighted by atomic mass is 9.97. The molecular weight excluding hydrogens is 356 g/mol. The lowest BCUT2D eigenvalue weighted by Gasteiger charge is -2.23. The molecule has 1 saturated heterocycles. The maximum absolute atomic E-state index is 12.7. The monoisotopic (exact) mass is 380 g/mol. The van der Waals surface area contributed by atoms with Crippen molar-refractivity contribution in [2.75, 3.05) is 32.5 Å². The molecule has 0 spiro atoms. The molecule has 1 fully saturated rings. The lowest BCUT2D eigenvalue weighted by Crippen LogP contribution is -2.32. The lowest BCUT2D eigenvalue weighted by molar-refractivity contribution is -0.120. The van der Waals surface area contributed by atoms with Gasteiger partial charge in [-0.1, -0.05) is 30.3 Å². The van der Waals surface area contributed by atoms with Crippen LogP contribution in [-0.4, -0.2) is 43.0 Å². The molecule has 2 aromatic rings. The molecule has 2 heterocycles. The van der Waals surface area contributed by atoms with Crippen molar-refractivity contribution in [2.45, 2.75) is 24.8 Å². The number of aromatic nitrogens is 1. The summed E-state index contributed by atoms with van der Waals surface area (Å²) in [6, 6.07) is 9.51. The van der Waals surface area contributed by atoms with Gasteiger partial charge in [0, 0.05) is 11.1 Å². The Kier molecular flexibility index (Phi) is 7.38. The van der Waals surface area contributed by atoms with Crippen molar-refractivity contribution in [1.29, 1.82) is 0 Å². The summed E-state index contributed by atoms with van der Waals surface area (Å²) in [5.41, 5.74) is 0.982. The van der Waals surface area contributed by atoms with Gasteiger partial charge in [0.25, 0.3) is 0 Å². The van der Waals surface area contributed by atoms with E-state index in [9.17, 15) is 4.79 Å². The Labute approximate surface area is 159 Å². The van der Waals surface area contributed by atoms with Gasteiger partial charge in [-0.3, -0.25) is 9.69 Å². The van der Waals surface area contributed by atoms with E-state index >= 15 is 0 Å². The first-order chi connectivity index (χ1) is 11.6. The summed E-state index contributed by atoms with van der Waals surface area (Å²) < 4.78 is 0. The van der Waals surface area contributed by atoms with Crippen LogP contribution in [0.15, 0.2) is 36.5 Å². The molecule has 0 saturated carbocycles. The van der Waals surface area contributed by atoms with E-state index in [0.29, 0.717) is 11.0 Å². The summed E-state index contributed by atoms with van der Waals surface area (Å²) >= 11 is 1.60. The largest absolute Gasteiger partial charge is 0.317 e. The fourth-order valence-corrected chi connectivity index (χ4v) is 4.12. The molecule has 1 atom stereocenters. The Morgan fingerprint density at radius 3 is 2.60 bits per heavy atom. The molecule has 1 aliphatic heterocycles. The second-order valence-electron chi connectivity index (χ2n) is 6.36. The van der Waals surface area contributed by atoms with E-state index in [1.165, 1.54) is 4.88 Å². The van der Waals surface area contributed by atoms with Gasteiger partial charge in [-0.2, -0.15) is 0 Å². The number of hydrogen-bond donors (Lipinski definition) is 2. The van der Waals surface area contributed by atoms with Crippen LogP contribution >= 0.6 is 23.7 Å². The number of amides is 1. The number of thiazole rings is 1. The average Bonchev–Trinajstić information content (AvgIpc) is 3.05. The normalized spacial score (nSPS) is 16.3. The van der Waals surface area contributed by atoms with E-state index in [0.717, 1.165) is 31.5 Å². The molecule has 5 nitrogen and oxygen atoms in total. The highest BCUT2D eigenvalue weighted by Crippen LogP contribution is 2.32. The van der Waals surface area contributed by atoms with Gasteiger partial charge in [0.05, 0.1) is 0 Å². The molecule has 1 aromatic heterocycles. The summed E-state index contributed by atoms with van der Waals surface area (Å²) in [6.07, 6.45) is 4.20. The molecule has 0 aliphatic carbocycles. The molecule has 1 amide bonds. The molecule has 0 bridgehead atoms. The summed E-state index contributed by atoms with van der Waals surface area (Å²) in [6.45, 7) is 2.11. The van der Waals surface area contributed by atoms with Crippen molar-refractivity contribution < 1.29 is 4.79 Å². The number of piperidine rings is 1. The first-order valence-electron chi connectivity index (χ1n) is 8.34. The van der Waals surface area contributed by atoms with Crippen LogP contribution in [0.4, 0.5) is 5.13 Å². The third kappa shape index (κ3) is 5.01. The molecule has 1 unspecified atom stereocenters. The van der Waals surface area contributed by atoms with Gasteiger partial charge in [-0.15, -0.1) is 23.7 Å². The van der Waals surface area contributed by atoms with Gasteiger partial charge in [-0.05, 0) is 51.5 Å². The summed E-state index contributed by atoms with van der Waals surface area (Å²) in [7, 11) is 3.83.